The van der Waals surface area contributed by atoms with Crippen molar-refractivity contribution in [1.29, 1.82) is 0 Å². The Kier molecular flexibility index (Phi) is 5.46. The van der Waals surface area contributed by atoms with Crippen molar-refractivity contribution < 1.29 is 22.7 Å². The molecule has 1 fully saturated rings. The molecule has 2 aromatic rings. The first kappa shape index (κ1) is 20.9. The molecule has 7 nitrogen and oxygen atoms in total. The molecule has 1 atom stereocenters. The zero-order valence-electron chi connectivity index (χ0n) is 16.4. The lowest BCUT2D eigenvalue weighted by Gasteiger charge is -2.30. The molecule has 4 N–H and O–H groups in total. The van der Waals surface area contributed by atoms with E-state index in [0.717, 1.165) is 12.8 Å². The highest BCUT2D eigenvalue weighted by atomic mass is 19.4. The SMILES string of the molecule is CC(C)(C)[C@H](NC(=O)c1cc(OCC(F)(F)F)c(C2CC2)cn1)c1cc(N)n[nH]1. The van der Waals surface area contributed by atoms with Crippen molar-refractivity contribution in [2.24, 2.45) is 5.41 Å². The van der Waals surface area contributed by atoms with Crippen LogP contribution in [0.5, 0.6) is 5.75 Å². The maximum atomic E-state index is 12.8. The average molecular weight is 411 g/mol. The second kappa shape index (κ2) is 7.57. The molecule has 158 valence electrons. The molecular weight excluding hydrogens is 387 g/mol. The van der Waals surface area contributed by atoms with E-state index in [1.807, 2.05) is 20.8 Å². The zero-order valence-corrected chi connectivity index (χ0v) is 16.4. The van der Waals surface area contributed by atoms with Gasteiger partial charge in [0, 0.05) is 23.9 Å². The summed E-state index contributed by atoms with van der Waals surface area (Å²) in [5, 5.41) is 9.54. The van der Waals surface area contributed by atoms with Crippen LogP contribution < -0.4 is 15.8 Å². The number of anilines is 1. The van der Waals surface area contributed by atoms with Crippen LogP contribution in [0.2, 0.25) is 0 Å². The molecule has 0 aliphatic heterocycles. The number of nitrogens with one attached hydrogen (secondary N) is 2. The lowest BCUT2D eigenvalue weighted by molar-refractivity contribution is -0.153. The predicted octanol–water partition coefficient (Wildman–Crippen LogP) is 3.72. The van der Waals surface area contributed by atoms with Crippen molar-refractivity contribution in [3.63, 3.8) is 0 Å². The Hall–Kier alpha value is -2.78. The molecule has 3 rings (SSSR count). The van der Waals surface area contributed by atoms with E-state index >= 15 is 0 Å². The summed E-state index contributed by atoms with van der Waals surface area (Å²) in [7, 11) is 0. The van der Waals surface area contributed by atoms with E-state index in [1.54, 1.807) is 6.07 Å². The number of nitrogens with two attached hydrogens (primary N) is 1. The fourth-order valence-electron chi connectivity index (χ4n) is 3.02. The van der Waals surface area contributed by atoms with Crippen molar-refractivity contribution >= 4 is 11.7 Å². The summed E-state index contributed by atoms with van der Waals surface area (Å²) >= 11 is 0. The molecule has 1 amide bonds. The number of aromatic amines is 1. The number of nitrogen functional groups attached to an aromatic ring is 1. The maximum absolute atomic E-state index is 12.8. The Morgan fingerprint density at radius 3 is 2.55 bits per heavy atom. The Balaban J connectivity index is 1.83. The van der Waals surface area contributed by atoms with Gasteiger partial charge >= 0.3 is 6.18 Å². The van der Waals surface area contributed by atoms with E-state index in [9.17, 15) is 18.0 Å². The number of amides is 1. The highest BCUT2D eigenvalue weighted by Crippen LogP contribution is 2.44. The highest BCUT2D eigenvalue weighted by Gasteiger charge is 2.33. The van der Waals surface area contributed by atoms with Gasteiger partial charge in [-0.3, -0.25) is 14.9 Å². The first-order valence-electron chi connectivity index (χ1n) is 9.25. The summed E-state index contributed by atoms with van der Waals surface area (Å²) in [4.78, 5) is 17.0. The Labute approximate surface area is 166 Å². The summed E-state index contributed by atoms with van der Waals surface area (Å²) in [5.41, 5.74) is 6.47. The van der Waals surface area contributed by atoms with E-state index < -0.39 is 30.1 Å². The third-order valence-electron chi connectivity index (χ3n) is 4.61. The van der Waals surface area contributed by atoms with Gasteiger partial charge in [-0.1, -0.05) is 20.8 Å². The number of carbonyl (C=O) groups is 1. The number of rotatable bonds is 6. The van der Waals surface area contributed by atoms with Crippen LogP contribution in [0.15, 0.2) is 18.3 Å². The topological polar surface area (TPSA) is 106 Å². The smallest absolute Gasteiger partial charge is 0.422 e. The second-order valence-electron chi connectivity index (χ2n) is 8.31. The largest absolute Gasteiger partial charge is 0.484 e. The number of ether oxygens (including phenoxy) is 1. The number of nitrogens with zero attached hydrogens (tertiary/aromatic N) is 2. The number of hydrogen-bond donors (Lipinski definition) is 3. The molecule has 0 bridgehead atoms. The van der Waals surface area contributed by atoms with Gasteiger partial charge in [0.1, 0.15) is 17.3 Å². The minimum Gasteiger partial charge on any atom is -0.484 e. The summed E-state index contributed by atoms with van der Waals surface area (Å²) in [6.07, 6.45) is -1.31. The predicted molar refractivity (Wildman–Crippen MR) is 100 cm³/mol. The van der Waals surface area contributed by atoms with E-state index in [4.69, 9.17) is 10.5 Å². The number of halogens is 3. The van der Waals surface area contributed by atoms with Crippen LogP contribution in [0.1, 0.15) is 67.3 Å². The van der Waals surface area contributed by atoms with Crippen molar-refractivity contribution in [1.82, 2.24) is 20.5 Å². The number of pyridine rings is 1. The van der Waals surface area contributed by atoms with Crippen LogP contribution in [-0.4, -0.2) is 33.9 Å². The number of hydrogen-bond acceptors (Lipinski definition) is 5. The summed E-state index contributed by atoms with van der Waals surface area (Å²) in [5.74, 6) is -0.0724. The Bertz CT molecular complexity index is 885. The maximum Gasteiger partial charge on any atom is 0.422 e. The minimum atomic E-state index is -4.47. The van der Waals surface area contributed by atoms with E-state index in [-0.39, 0.29) is 17.4 Å². The van der Waals surface area contributed by atoms with Gasteiger partial charge in [0.25, 0.3) is 5.91 Å². The molecule has 0 spiro atoms. The third kappa shape index (κ3) is 5.39. The second-order valence-corrected chi connectivity index (χ2v) is 8.31. The first-order valence-corrected chi connectivity index (χ1v) is 9.25. The fourth-order valence-corrected chi connectivity index (χ4v) is 3.02. The van der Waals surface area contributed by atoms with Gasteiger partial charge in [-0.25, -0.2) is 0 Å². The molecule has 2 aromatic heterocycles. The molecule has 2 heterocycles. The number of carbonyl (C=O) groups excluding carboxylic acids is 1. The molecule has 1 aliphatic carbocycles. The van der Waals surface area contributed by atoms with Crippen LogP contribution in [0.4, 0.5) is 19.0 Å². The molecule has 29 heavy (non-hydrogen) atoms. The third-order valence-corrected chi connectivity index (χ3v) is 4.61. The summed E-state index contributed by atoms with van der Waals surface area (Å²) in [6, 6.07) is 2.43. The monoisotopic (exact) mass is 411 g/mol. The van der Waals surface area contributed by atoms with Gasteiger partial charge in [-0.15, -0.1) is 0 Å². The minimum absolute atomic E-state index is 0.0201. The molecular formula is C19H24F3N5O2. The lowest BCUT2D eigenvalue weighted by atomic mass is 9.84. The summed E-state index contributed by atoms with van der Waals surface area (Å²) < 4.78 is 42.8. The van der Waals surface area contributed by atoms with Crippen LogP contribution in [-0.2, 0) is 0 Å². The molecule has 0 unspecified atom stereocenters. The van der Waals surface area contributed by atoms with Crippen molar-refractivity contribution in [2.45, 2.75) is 51.7 Å². The molecule has 0 radical (unpaired) electrons. The molecule has 1 saturated carbocycles. The van der Waals surface area contributed by atoms with Crippen LogP contribution in [0, 0.1) is 5.41 Å². The van der Waals surface area contributed by atoms with E-state index in [0.29, 0.717) is 17.1 Å². The Morgan fingerprint density at radius 2 is 2.03 bits per heavy atom. The van der Waals surface area contributed by atoms with Crippen molar-refractivity contribution in [2.75, 3.05) is 12.3 Å². The van der Waals surface area contributed by atoms with E-state index in [1.165, 1.54) is 12.3 Å². The van der Waals surface area contributed by atoms with Crippen LogP contribution in [0.25, 0.3) is 0 Å². The van der Waals surface area contributed by atoms with Gasteiger partial charge in [0.05, 0.1) is 11.7 Å². The zero-order chi connectivity index (χ0) is 21.4. The van der Waals surface area contributed by atoms with Crippen LogP contribution >= 0.6 is 0 Å². The molecule has 0 aromatic carbocycles. The van der Waals surface area contributed by atoms with Gasteiger partial charge in [0.15, 0.2) is 6.61 Å². The first-order chi connectivity index (χ1) is 13.4. The quantitative estimate of drug-likeness (QED) is 0.672. The molecule has 10 heteroatoms. The van der Waals surface area contributed by atoms with Gasteiger partial charge in [0.2, 0.25) is 0 Å². The number of aromatic nitrogens is 3. The standard InChI is InChI=1S/C19H24F3N5O2/c1-18(2,3)16(12-7-15(23)27-26-12)25-17(28)13-6-14(29-9-19(20,21)22)11(8-24-13)10-4-5-10/h6-8,10,16H,4-5,9H2,1-3H3,(H,25,28)(H3,23,26,27)/t16-/m1/s1. The van der Waals surface area contributed by atoms with Crippen molar-refractivity contribution in [3.05, 3.63) is 35.3 Å². The average Bonchev–Trinajstić information content (AvgIpc) is 3.37. The fraction of sp³-hybridized carbons (Fsp3) is 0.526. The van der Waals surface area contributed by atoms with E-state index in [2.05, 4.69) is 20.5 Å². The van der Waals surface area contributed by atoms with Gasteiger partial charge in [-0.05, 0) is 24.2 Å². The van der Waals surface area contributed by atoms with Crippen molar-refractivity contribution in [3.8, 4) is 5.75 Å². The van der Waals surface area contributed by atoms with Crippen LogP contribution in [0.3, 0.4) is 0 Å². The Morgan fingerprint density at radius 1 is 1.34 bits per heavy atom. The lowest BCUT2D eigenvalue weighted by Crippen LogP contribution is -2.37. The summed E-state index contributed by atoms with van der Waals surface area (Å²) in [6.45, 7) is 4.36. The molecule has 1 aliphatic rings. The molecule has 0 saturated heterocycles. The number of H-pyrrole nitrogens is 1. The highest BCUT2D eigenvalue weighted by molar-refractivity contribution is 5.93. The number of alkyl halides is 3. The van der Waals surface area contributed by atoms with Gasteiger partial charge in [-0.2, -0.15) is 18.3 Å². The van der Waals surface area contributed by atoms with Gasteiger partial charge < -0.3 is 15.8 Å². The normalized spacial score (nSPS) is 15.8.